The normalized spacial score (nSPS) is 12.4. The molecule has 0 fully saturated rings. The van der Waals surface area contributed by atoms with Crippen LogP contribution in [0.4, 0.5) is 15.9 Å². The molecule has 2 aromatic rings. The molecule has 0 saturated carbocycles. The van der Waals surface area contributed by atoms with E-state index in [0.29, 0.717) is 26.1 Å². The second-order valence-electron chi connectivity index (χ2n) is 8.69. The fraction of sp³-hybridized carbons (Fsp3) is 0.542. The molecule has 9 heteroatoms. The van der Waals surface area contributed by atoms with E-state index in [1.807, 2.05) is 39.5 Å². The van der Waals surface area contributed by atoms with Crippen LogP contribution in [-0.2, 0) is 11.3 Å². The van der Waals surface area contributed by atoms with Gasteiger partial charge >= 0.3 is 5.69 Å². The van der Waals surface area contributed by atoms with Crippen molar-refractivity contribution in [3.8, 4) is 0 Å². The predicted molar refractivity (Wildman–Crippen MR) is 130 cm³/mol. The van der Waals surface area contributed by atoms with E-state index in [0.717, 1.165) is 12.0 Å². The lowest BCUT2D eigenvalue weighted by atomic mass is 10.1. The van der Waals surface area contributed by atoms with Gasteiger partial charge < -0.3 is 10.6 Å². The second-order valence-corrected chi connectivity index (χ2v) is 8.69. The van der Waals surface area contributed by atoms with Crippen molar-refractivity contribution in [3.05, 3.63) is 56.5 Å². The maximum Gasteiger partial charge on any atom is 0.330 e. The minimum Gasteiger partial charge on any atom is -0.383 e. The third-order valence-electron chi connectivity index (χ3n) is 5.71. The van der Waals surface area contributed by atoms with E-state index >= 15 is 0 Å². The Hall–Kier alpha value is -2.94. The minimum atomic E-state index is -0.670. The first kappa shape index (κ1) is 26.3. The smallest absolute Gasteiger partial charge is 0.330 e. The van der Waals surface area contributed by atoms with Crippen molar-refractivity contribution < 1.29 is 9.18 Å². The summed E-state index contributed by atoms with van der Waals surface area (Å²) in [6.07, 6.45) is 1.49. The molecule has 1 aromatic carbocycles. The number of anilines is 2. The number of aromatic nitrogens is 2. The Morgan fingerprint density at radius 1 is 1.15 bits per heavy atom. The van der Waals surface area contributed by atoms with E-state index in [2.05, 4.69) is 4.98 Å². The lowest BCUT2D eigenvalue weighted by molar-refractivity contribution is -0.120. The minimum absolute atomic E-state index is 0.00321. The number of carbonyl (C=O) groups excluding carboxylic acids is 1. The molecule has 0 aliphatic carbocycles. The summed E-state index contributed by atoms with van der Waals surface area (Å²) in [6, 6.07) is 6.05. The van der Waals surface area contributed by atoms with Gasteiger partial charge in [-0.2, -0.15) is 0 Å². The van der Waals surface area contributed by atoms with Gasteiger partial charge in [-0.25, -0.2) is 9.18 Å². The number of hydrogen-bond donors (Lipinski definition) is 2. The van der Waals surface area contributed by atoms with Crippen molar-refractivity contribution in [3.63, 3.8) is 0 Å². The van der Waals surface area contributed by atoms with Crippen LogP contribution >= 0.6 is 0 Å². The molecule has 8 nitrogen and oxygen atoms in total. The zero-order valence-electron chi connectivity index (χ0n) is 20.2. The van der Waals surface area contributed by atoms with Gasteiger partial charge in [-0.3, -0.25) is 24.0 Å². The molecular weight excluding hydrogens is 425 g/mol. The molecule has 0 spiro atoms. The Bertz CT molecular complexity index is 1050. The lowest BCUT2D eigenvalue weighted by Crippen LogP contribution is -2.46. The van der Waals surface area contributed by atoms with Crippen LogP contribution in [0.2, 0.25) is 0 Å². The van der Waals surface area contributed by atoms with Crippen LogP contribution in [0, 0.1) is 11.7 Å². The average Bonchev–Trinajstić information content (AvgIpc) is 2.76. The number of likely N-dealkylation sites (N-methyl/N-ethyl adjacent to an activating group) is 1. The van der Waals surface area contributed by atoms with E-state index in [4.69, 9.17) is 5.73 Å². The quantitative estimate of drug-likeness (QED) is 0.535. The number of carbonyl (C=O) groups is 1. The Morgan fingerprint density at radius 3 is 2.33 bits per heavy atom. The largest absolute Gasteiger partial charge is 0.383 e. The number of hydrogen-bond acceptors (Lipinski definition) is 5. The molecule has 1 atom stereocenters. The maximum absolute atomic E-state index is 13.5. The fourth-order valence-electron chi connectivity index (χ4n) is 3.80. The third kappa shape index (κ3) is 6.54. The first-order valence-electron chi connectivity index (χ1n) is 11.5. The molecule has 1 aromatic heterocycles. The molecule has 182 valence electrons. The van der Waals surface area contributed by atoms with E-state index in [9.17, 15) is 18.8 Å². The zero-order valence-corrected chi connectivity index (χ0v) is 20.2. The summed E-state index contributed by atoms with van der Waals surface area (Å²) in [5.74, 6) is -0.486. The molecule has 0 saturated heterocycles. The van der Waals surface area contributed by atoms with Gasteiger partial charge in [0.1, 0.15) is 11.6 Å². The summed E-state index contributed by atoms with van der Waals surface area (Å²) in [5.41, 5.74) is 5.91. The summed E-state index contributed by atoms with van der Waals surface area (Å²) in [6.45, 7) is 11.0. The maximum atomic E-state index is 13.5. The summed E-state index contributed by atoms with van der Waals surface area (Å²) in [7, 11) is 0. The lowest BCUT2D eigenvalue weighted by Gasteiger charge is -2.31. The second kappa shape index (κ2) is 11.8. The van der Waals surface area contributed by atoms with Gasteiger partial charge in [0.2, 0.25) is 5.91 Å². The van der Waals surface area contributed by atoms with Crippen molar-refractivity contribution in [2.75, 3.05) is 30.3 Å². The SMILES string of the molecule is CCCCN(C(=O)CN(CC)C(C)c1ccc(F)cc1)c1c(N)n(CC(C)C)c(=O)[nH]c1=O. The number of aromatic amines is 1. The predicted octanol–water partition coefficient (Wildman–Crippen LogP) is 3.13. The molecular formula is C24H36FN5O3. The van der Waals surface area contributed by atoms with Crippen LogP contribution in [0.5, 0.6) is 0 Å². The standard InChI is InChI=1S/C24H36FN5O3/c1-6-8-13-29(21-22(26)30(14-16(3)4)24(33)27-23(21)32)20(31)15-28(7-2)17(5)18-9-11-19(25)12-10-18/h9-12,16-17H,6-8,13-15,26H2,1-5H3,(H,27,32,33). The van der Waals surface area contributed by atoms with Crippen molar-refractivity contribution in [2.24, 2.45) is 5.92 Å². The van der Waals surface area contributed by atoms with Crippen molar-refractivity contribution >= 4 is 17.4 Å². The first-order valence-corrected chi connectivity index (χ1v) is 11.5. The first-order chi connectivity index (χ1) is 15.6. The van der Waals surface area contributed by atoms with Gasteiger partial charge in [-0.1, -0.05) is 46.2 Å². The Balaban J connectivity index is 2.41. The summed E-state index contributed by atoms with van der Waals surface area (Å²) < 4.78 is 14.6. The highest BCUT2D eigenvalue weighted by atomic mass is 19.1. The van der Waals surface area contributed by atoms with E-state index in [1.54, 1.807) is 12.1 Å². The molecule has 1 unspecified atom stereocenters. The Morgan fingerprint density at radius 2 is 1.79 bits per heavy atom. The number of benzene rings is 1. The van der Waals surface area contributed by atoms with E-state index in [1.165, 1.54) is 21.6 Å². The summed E-state index contributed by atoms with van der Waals surface area (Å²) >= 11 is 0. The van der Waals surface area contributed by atoms with Crippen LogP contribution in [0.3, 0.4) is 0 Å². The van der Waals surface area contributed by atoms with Gasteiger partial charge in [0.25, 0.3) is 5.56 Å². The average molecular weight is 462 g/mol. The molecule has 0 aliphatic heterocycles. The topological polar surface area (TPSA) is 104 Å². The number of nitrogens with two attached hydrogens (primary N) is 1. The highest BCUT2D eigenvalue weighted by Crippen LogP contribution is 2.23. The van der Waals surface area contributed by atoms with Gasteiger partial charge in [0, 0.05) is 19.1 Å². The molecule has 0 aliphatic rings. The molecule has 1 heterocycles. The molecule has 1 amide bonds. The molecule has 2 rings (SSSR count). The number of nitrogens with one attached hydrogen (secondary N) is 1. The van der Waals surface area contributed by atoms with Crippen LogP contribution in [0.1, 0.15) is 59.1 Å². The van der Waals surface area contributed by atoms with Crippen molar-refractivity contribution in [1.29, 1.82) is 0 Å². The van der Waals surface area contributed by atoms with Gasteiger partial charge in [0.05, 0.1) is 6.54 Å². The van der Waals surface area contributed by atoms with Crippen molar-refractivity contribution in [1.82, 2.24) is 14.5 Å². The Kier molecular flexibility index (Phi) is 9.40. The number of H-pyrrole nitrogens is 1. The molecule has 33 heavy (non-hydrogen) atoms. The number of nitrogen functional groups attached to an aromatic ring is 1. The van der Waals surface area contributed by atoms with Gasteiger partial charge in [0.15, 0.2) is 5.69 Å². The van der Waals surface area contributed by atoms with Crippen LogP contribution in [0.25, 0.3) is 0 Å². The van der Waals surface area contributed by atoms with Crippen LogP contribution < -0.4 is 21.9 Å². The van der Waals surface area contributed by atoms with Gasteiger partial charge in [-0.05, 0) is 43.5 Å². The zero-order chi connectivity index (χ0) is 24.7. The number of amides is 1. The molecule has 0 bridgehead atoms. The number of nitrogens with zero attached hydrogens (tertiary/aromatic N) is 3. The van der Waals surface area contributed by atoms with E-state index < -0.39 is 11.2 Å². The third-order valence-corrected chi connectivity index (χ3v) is 5.71. The fourth-order valence-corrected chi connectivity index (χ4v) is 3.80. The number of halogens is 1. The highest BCUT2D eigenvalue weighted by molar-refractivity contribution is 5.96. The number of unbranched alkanes of at least 4 members (excludes halogenated alkanes) is 1. The molecule has 0 radical (unpaired) electrons. The summed E-state index contributed by atoms with van der Waals surface area (Å²) in [5, 5.41) is 0. The van der Waals surface area contributed by atoms with E-state index in [-0.39, 0.29) is 41.7 Å². The summed E-state index contributed by atoms with van der Waals surface area (Å²) in [4.78, 5) is 44.2. The Labute approximate surface area is 194 Å². The van der Waals surface area contributed by atoms with Crippen LogP contribution in [-0.4, -0.2) is 40.0 Å². The van der Waals surface area contributed by atoms with Gasteiger partial charge in [-0.15, -0.1) is 0 Å². The van der Waals surface area contributed by atoms with Crippen molar-refractivity contribution in [2.45, 2.75) is 60.0 Å². The highest BCUT2D eigenvalue weighted by Gasteiger charge is 2.27. The number of rotatable bonds is 11. The monoisotopic (exact) mass is 461 g/mol. The molecule has 3 N–H and O–H groups in total. The van der Waals surface area contributed by atoms with Crippen LogP contribution in [0.15, 0.2) is 33.9 Å².